The van der Waals surface area contributed by atoms with Crippen LogP contribution in [-0.2, 0) is 25.6 Å². The average molecular weight is 473 g/mol. The summed E-state index contributed by atoms with van der Waals surface area (Å²) in [5.74, 6) is -4.55. The summed E-state index contributed by atoms with van der Waals surface area (Å²) >= 11 is 1.62. The van der Waals surface area contributed by atoms with E-state index in [9.17, 15) is 34.5 Å². The fourth-order valence-electron chi connectivity index (χ4n) is 2.72. The highest BCUT2D eigenvalue weighted by atomic mass is 32.2. The molecule has 13 heteroatoms. The molecule has 11 nitrogen and oxygen atoms in total. The van der Waals surface area contributed by atoms with Crippen molar-refractivity contribution in [3.63, 3.8) is 0 Å². The Labute approximate surface area is 186 Å². The van der Waals surface area contributed by atoms with E-state index in [1.165, 1.54) is 0 Å². The van der Waals surface area contributed by atoms with E-state index in [0.29, 0.717) is 5.56 Å². The van der Waals surface area contributed by atoms with Crippen LogP contribution < -0.4 is 32.3 Å². The van der Waals surface area contributed by atoms with Crippen molar-refractivity contribution in [1.29, 1.82) is 0 Å². The highest BCUT2D eigenvalue weighted by molar-refractivity contribution is 8.02. The molecule has 170 valence electrons. The second-order valence-electron chi connectivity index (χ2n) is 7.04. The van der Waals surface area contributed by atoms with E-state index in [2.05, 4.69) is 22.1 Å². The minimum Gasteiger partial charge on any atom is -0.544 e. The number of piperazine rings is 1. The van der Waals surface area contributed by atoms with Gasteiger partial charge >= 0.3 is 0 Å². The van der Waals surface area contributed by atoms with E-state index in [4.69, 9.17) is 0 Å². The first-order valence-electron chi connectivity index (χ1n) is 9.21. The van der Waals surface area contributed by atoms with E-state index >= 15 is 0 Å². The number of carbonyl (C=O) groups excluding carboxylic acids is 4. The highest BCUT2D eigenvalue weighted by Gasteiger charge is 2.54. The van der Waals surface area contributed by atoms with Crippen LogP contribution in [0.2, 0.25) is 0 Å². The Kier molecular flexibility index (Phi) is 8.31. The Morgan fingerprint density at radius 3 is 1.87 bits per heavy atom. The van der Waals surface area contributed by atoms with Crippen molar-refractivity contribution in [3.8, 4) is 0 Å². The molecule has 31 heavy (non-hydrogen) atoms. The predicted octanol–water partition coefficient (Wildman–Crippen LogP) is -5.95. The molecule has 1 aromatic carbocycles. The Bertz CT molecular complexity index is 843. The molecule has 0 aliphatic carbocycles. The maximum Gasteiger partial charge on any atom is 0.260 e. The minimum absolute atomic E-state index is 0.0407. The summed E-state index contributed by atoms with van der Waals surface area (Å²) in [6.45, 7) is -0.794. The van der Waals surface area contributed by atoms with Crippen molar-refractivity contribution in [2.75, 3.05) is 18.1 Å². The first-order chi connectivity index (χ1) is 14.5. The lowest BCUT2D eigenvalue weighted by Crippen LogP contribution is -2.76. The predicted molar refractivity (Wildman–Crippen MR) is 107 cm³/mol. The molecule has 0 spiro atoms. The molecule has 0 saturated carbocycles. The van der Waals surface area contributed by atoms with Gasteiger partial charge in [-0.3, -0.25) is 9.59 Å². The van der Waals surface area contributed by atoms with Crippen LogP contribution >= 0.6 is 23.5 Å². The standard InChI is InChI=1S/C18H24N4O7S2/c19-11(13(24)25)7-30-17(6-10-4-2-1-3-5-10)15(28)22-18(9-23,16(29)21-17)31-8-12(20)14(26)27/h1-5,11-12,23H,6-9,19-20H2,(H,21,29)(H,22,28)(H,24,25)(H,26,27)/t11-,12-,17+,18+/m0/s1. The number of nitrogens with one attached hydrogen (secondary N) is 2. The molecule has 9 N–H and O–H groups in total. The van der Waals surface area contributed by atoms with E-state index < -0.39 is 52.2 Å². The third kappa shape index (κ3) is 5.89. The monoisotopic (exact) mass is 472 g/mol. The average Bonchev–Trinajstić information content (AvgIpc) is 2.74. The number of carbonyl (C=O) groups is 4. The summed E-state index contributed by atoms with van der Waals surface area (Å²) in [4.78, 5) is 44.8. The van der Waals surface area contributed by atoms with Crippen LogP contribution in [0, 0.1) is 0 Å². The van der Waals surface area contributed by atoms with Crippen LogP contribution in [-0.4, -0.2) is 68.8 Å². The zero-order valence-corrected chi connectivity index (χ0v) is 18.1. The van der Waals surface area contributed by atoms with Gasteiger partial charge in [-0.05, 0) is 5.56 Å². The SMILES string of the molecule is [NH3+][C@@H](CS[C@@]1(CO)NC(=O)[C@@](Cc2ccccc2)(SC[C@H]([NH3+])C(=O)[O-])NC1=O)C(=O)[O-]. The van der Waals surface area contributed by atoms with E-state index in [0.717, 1.165) is 23.5 Å². The van der Waals surface area contributed by atoms with Gasteiger partial charge in [0.05, 0.1) is 30.1 Å². The third-order valence-corrected chi connectivity index (χ3v) is 7.58. The van der Waals surface area contributed by atoms with Gasteiger partial charge in [0.25, 0.3) is 11.8 Å². The van der Waals surface area contributed by atoms with Gasteiger partial charge in [-0.1, -0.05) is 30.3 Å². The number of hydrogen-bond donors (Lipinski definition) is 5. The number of rotatable bonds is 11. The second kappa shape index (κ2) is 10.3. The molecule has 1 aromatic rings. The van der Waals surface area contributed by atoms with Gasteiger partial charge in [-0.15, -0.1) is 23.5 Å². The number of aliphatic hydroxyl groups is 1. The topological polar surface area (TPSA) is 214 Å². The summed E-state index contributed by atoms with van der Waals surface area (Å²) in [6, 6.07) is 6.49. The summed E-state index contributed by atoms with van der Waals surface area (Å²) in [5, 5.41) is 37.0. The molecule has 0 radical (unpaired) electrons. The van der Waals surface area contributed by atoms with Crippen LogP contribution in [0.4, 0.5) is 0 Å². The van der Waals surface area contributed by atoms with Crippen molar-refractivity contribution >= 4 is 47.3 Å². The van der Waals surface area contributed by atoms with Crippen molar-refractivity contribution in [2.45, 2.75) is 28.2 Å². The molecule has 2 rings (SSSR count). The quantitative estimate of drug-likeness (QED) is 0.207. The second-order valence-corrected chi connectivity index (χ2v) is 9.67. The van der Waals surface area contributed by atoms with Crippen molar-refractivity contribution in [3.05, 3.63) is 35.9 Å². The Morgan fingerprint density at radius 2 is 1.39 bits per heavy atom. The number of carboxylic acids is 2. The molecule has 2 amide bonds. The molecular formula is C18H24N4O7S2. The van der Waals surface area contributed by atoms with Gasteiger partial charge in [0.1, 0.15) is 12.1 Å². The normalized spacial score (nSPS) is 25.3. The molecule has 1 aliphatic heterocycles. The number of quaternary nitrogens is 2. The van der Waals surface area contributed by atoms with Crippen LogP contribution in [0.25, 0.3) is 0 Å². The van der Waals surface area contributed by atoms with Gasteiger partial charge in [0.15, 0.2) is 9.74 Å². The highest BCUT2D eigenvalue weighted by Crippen LogP contribution is 2.35. The third-order valence-electron chi connectivity index (χ3n) is 4.61. The maximum atomic E-state index is 13.2. The number of amides is 2. The van der Waals surface area contributed by atoms with Crippen LogP contribution in [0.15, 0.2) is 30.3 Å². The lowest BCUT2D eigenvalue weighted by atomic mass is 10.0. The van der Waals surface area contributed by atoms with Gasteiger partial charge in [-0.2, -0.15) is 0 Å². The first-order valence-corrected chi connectivity index (χ1v) is 11.2. The first kappa shape index (κ1) is 24.9. The van der Waals surface area contributed by atoms with Crippen molar-refractivity contribution in [1.82, 2.24) is 10.6 Å². The Balaban J connectivity index is 2.30. The van der Waals surface area contributed by atoms with Crippen LogP contribution in [0.3, 0.4) is 0 Å². The summed E-state index contributed by atoms with van der Waals surface area (Å²) < 4.78 is 0. The number of thioether (sulfide) groups is 2. The lowest BCUT2D eigenvalue weighted by Gasteiger charge is -2.44. The summed E-state index contributed by atoms with van der Waals surface area (Å²) in [5.41, 5.74) is 7.58. The summed E-state index contributed by atoms with van der Waals surface area (Å²) in [6.07, 6.45) is 0.0407. The number of aliphatic carboxylic acids is 2. The molecule has 1 aliphatic rings. The zero-order chi connectivity index (χ0) is 23.2. The lowest BCUT2D eigenvalue weighted by molar-refractivity contribution is -0.431. The number of benzene rings is 1. The zero-order valence-electron chi connectivity index (χ0n) is 16.5. The van der Waals surface area contributed by atoms with E-state index in [1.54, 1.807) is 30.3 Å². The molecular weight excluding hydrogens is 448 g/mol. The van der Waals surface area contributed by atoms with Crippen molar-refractivity contribution in [2.24, 2.45) is 0 Å². The van der Waals surface area contributed by atoms with E-state index in [1.807, 2.05) is 0 Å². The fraction of sp³-hybridized carbons (Fsp3) is 0.444. The van der Waals surface area contributed by atoms with Gasteiger partial charge < -0.3 is 47.0 Å². The largest absolute Gasteiger partial charge is 0.544 e. The number of aliphatic hydroxyl groups excluding tert-OH is 1. The molecule has 4 atom stereocenters. The van der Waals surface area contributed by atoms with Gasteiger partial charge in [0.2, 0.25) is 0 Å². The molecule has 0 unspecified atom stereocenters. The smallest absolute Gasteiger partial charge is 0.260 e. The van der Waals surface area contributed by atoms with E-state index in [-0.39, 0.29) is 17.9 Å². The fourth-order valence-corrected chi connectivity index (χ4v) is 5.02. The van der Waals surface area contributed by atoms with Crippen molar-refractivity contribution < 1.29 is 46.0 Å². The molecule has 0 bridgehead atoms. The minimum atomic E-state index is -1.82. The molecule has 1 heterocycles. The van der Waals surface area contributed by atoms with Crippen LogP contribution in [0.5, 0.6) is 0 Å². The molecule has 1 fully saturated rings. The number of carboxylic acid groups (broad SMARTS) is 2. The Hall–Kier alpha value is -2.32. The Morgan fingerprint density at radius 1 is 0.935 bits per heavy atom. The van der Waals surface area contributed by atoms with Gasteiger partial charge in [0, 0.05) is 6.42 Å². The molecule has 0 aromatic heterocycles. The van der Waals surface area contributed by atoms with Gasteiger partial charge in [-0.25, -0.2) is 0 Å². The van der Waals surface area contributed by atoms with Crippen LogP contribution in [0.1, 0.15) is 5.56 Å². The molecule has 1 saturated heterocycles. The number of hydrogen-bond acceptors (Lipinski definition) is 9. The maximum absolute atomic E-state index is 13.2. The summed E-state index contributed by atoms with van der Waals surface area (Å²) in [7, 11) is 0.